The molecule has 2 amide bonds. The molecule has 1 atom stereocenters. The van der Waals surface area contributed by atoms with Gasteiger partial charge in [-0.3, -0.25) is 14.6 Å². The number of halogens is 1. The first-order chi connectivity index (χ1) is 12.5. The summed E-state index contributed by atoms with van der Waals surface area (Å²) in [5.74, 6) is 1.08. The molecule has 152 valence electrons. The van der Waals surface area contributed by atoms with Gasteiger partial charge >= 0.3 is 0 Å². The van der Waals surface area contributed by atoms with Crippen LogP contribution in [-0.4, -0.2) is 61.9 Å². The number of likely N-dealkylation sites (tertiary alicyclic amines) is 1. The molecule has 1 aliphatic rings. The fourth-order valence-electron chi connectivity index (χ4n) is 2.90. The lowest BCUT2D eigenvalue weighted by molar-refractivity contribution is -0.129. The Morgan fingerprint density at radius 1 is 1.33 bits per heavy atom. The number of amides is 2. The predicted molar refractivity (Wildman–Crippen MR) is 116 cm³/mol. The fraction of sp³-hybridized carbons (Fsp3) is 0.611. The van der Waals surface area contributed by atoms with Crippen molar-refractivity contribution in [2.45, 2.75) is 39.2 Å². The number of guanidine groups is 1. The third-order valence-electron chi connectivity index (χ3n) is 4.41. The molecule has 1 aliphatic heterocycles. The lowest BCUT2D eigenvalue weighted by Gasteiger charge is -2.18. The number of nitrogens with zero attached hydrogens (tertiary/aromatic N) is 2. The average molecular weight is 491 g/mol. The first kappa shape index (κ1) is 23.3. The third-order valence-corrected chi connectivity index (χ3v) is 4.41. The molecule has 1 fully saturated rings. The van der Waals surface area contributed by atoms with Crippen LogP contribution in [0.25, 0.3) is 0 Å². The lowest BCUT2D eigenvalue weighted by Crippen LogP contribution is -2.45. The Hall–Kier alpha value is -1.78. The molecule has 3 N–H and O–H groups in total. The second kappa shape index (κ2) is 11.8. The highest BCUT2D eigenvalue weighted by Gasteiger charge is 2.25. The lowest BCUT2D eigenvalue weighted by atomic mass is 10.2. The number of carbonyl (C=O) groups excluding carboxylic acids is 2. The van der Waals surface area contributed by atoms with Gasteiger partial charge in [0.25, 0.3) is 5.91 Å². The molecule has 1 unspecified atom stereocenters. The summed E-state index contributed by atoms with van der Waals surface area (Å²) < 4.78 is 5.16. The monoisotopic (exact) mass is 491 g/mol. The molecule has 1 aromatic heterocycles. The molecule has 0 bridgehead atoms. The van der Waals surface area contributed by atoms with Gasteiger partial charge in [-0.05, 0) is 25.8 Å². The molecule has 0 spiro atoms. The summed E-state index contributed by atoms with van der Waals surface area (Å²) in [4.78, 5) is 29.8. The second-order valence-corrected chi connectivity index (χ2v) is 6.36. The molecule has 8 nitrogen and oxygen atoms in total. The van der Waals surface area contributed by atoms with E-state index in [1.807, 2.05) is 18.7 Å². The number of carbonyl (C=O) groups is 2. The van der Waals surface area contributed by atoms with Crippen LogP contribution in [0.4, 0.5) is 0 Å². The maximum Gasteiger partial charge on any atom is 0.287 e. The van der Waals surface area contributed by atoms with Crippen LogP contribution in [0.5, 0.6) is 0 Å². The number of furan rings is 1. The zero-order valence-corrected chi connectivity index (χ0v) is 18.5. The van der Waals surface area contributed by atoms with E-state index in [2.05, 4.69) is 20.9 Å². The van der Waals surface area contributed by atoms with Crippen LogP contribution in [0.2, 0.25) is 0 Å². The number of aliphatic imine (C=N–C) groups is 1. The van der Waals surface area contributed by atoms with Crippen LogP contribution in [0.15, 0.2) is 21.7 Å². The van der Waals surface area contributed by atoms with Crippen molar-refractivity contribution < 1.29 is 14.0 Å². The molecule has 0 radical (unpaired) electrons. The van der Waals surface area contributed by atoms with Gasteiger partial charge in [-0.15, -0.1) is 24.0 Å². The van der Waals surface area contributed by atoms with E-state index in [0.717, 1.165) is 24.9 Å². The van der Waals surface area contributed by atoms with Crippen molar-refractivity contribution in [1.29, 1.82) is 0 Å². The van der Waals surface area contributed by atoms with Gasteiger partial charge in [-0.2, -0.15) is 0 Å². The summed E-state index contributed by atoms with van der Waals surface area (Å²) in [6.45, 7) is 6.46. The molecule has 9 heteroatoms. The van der Waals surface area contributed by atoms with E-state index in [0.29, 0.717) is 37.8 Å². The van der Waals surface area contributed by atoms with Crippen LogP contribution < -0.4 is 16.0 Å². The minimum Gasteiger partial charge on any atom is -0.459 e. The van der Waals surface area contributed by atoms with Crippen LogP contribution >= 0.6 is 24.0 Å². The van der Waals surface area contributed by atoms with Crippen LogP contribution in [-0.2, 0) is 4.79 Å². The minimum atomic E-state index is -0.193. The number of rotatable bonds is 7. The zero-order chi connectivity index (χ0) is 18.9. The Labute approximate surface area is 177 Å². The van der Waals surface area contributed by atoms with Crippen molar-refractivity contribution >= 4 is 41.8 Å². The smallest absolute Gasteiger partial charge is 0.287 e. The van der Waals surface area contributed by atoms with E-state index < -0.39 is 0 Å². The van der Waals surface area contributed by atoms with E-state index in [-0.39, 0.29) is 41.8 Å². The zero-order valence-electron chi connectivity index (χ0n) is 16.2. The second-order valence-electron chi connectivity index (χ2n) is 6.36. The number of hydrogen-bond acceptors (Lipinski definition) is 4. The molecule has 2 heterocycles. The number of hydrogen-bond donors (Lipinski definition) is 3. The van der Waals surface area contributed by atoms with Crippen molar-refractivity contribution in [3.63, 3.8) is 0 Å². The van der Waals surface area contributed by atoms with Gasteiger partial charge in [-0.25, -0.2) is 0 Å². The topological polar surface area (TPSA) is 99.0 Å². The average Bonchev–Trinajstić information content (AvgIpc) is 3.28. The van der Waals surface area contributed by atoms with Crippen LogP contribution in [0, 0.1) is 6.92 Å². The van der Waals surface area contributed by atoms with Gasteiger partial charge < -0.3 is 25.3 Å². The summed E-state index contributed by atoms with van der Waals surface area (Å²) in [5, 5.41) is 9.42. The fourth-order valence-corrected chi connectivity index (χ4v) is 2.90. The summed E-state index contributed by atoms with van der Waals surface area (Å²) in [5.41, 5.74) is 0.831. The van der Waals surface area contributed by atoms with Crippen molar-refractivity contribution in [3.05, 3.63) is 23.7 Å². The largest absolute Gasteiger partial charge is 0.459 e. The number of aryl methyl sites for hydroxylation is 1. The summed E-state index contributed by atoms with van der Waals surface area (Å²) in [6.07, 6.45) is 3.74. The molecule has 2 rings (SSSR count). The highest BCUT2D eigenvalue weighted by Crippen LogP contribution is 2.10. The van der Waals surface area contributed by atoms with E-state index in [1.54, 1.807) is 13.1 Å². The molecule has 1 aromatic rings. The Morgan fingerprint density at radius 3 is 2.70 bits per heavy atom. The van der Waals surface area contributed by atoms with Gasteiger partial charge in [0.1, 0.15) is 0 Å². The normalized spacial score (nSPS) is 16.6. The van der Waals surface area contributed by atoms with Crippen molar-refractivity contribution in [2.24, 2.45) is 4.99 Å². The SMILES string of the molecule is CCC(=O)N1CCC(NC(=NC)NCCCNC(=O)c2occc2C)C1.I. The predicted octanol–water partition coefficient (Wildman–Crippen LogP) is 1.50. The summed E-state index contributed by atoms with van der Waals surface area (Å²) in [6, 6.07) is 1.99. The number of nitrogens with one attached hydrogen (secondary N) is 3. The standard InChI is InChI=1S/C18H29N5O3.HI/c1-4-15(24)23-10-6-14(12-23)22-18(19-3)21-9-5-8-20-17(25)16-13(2)7-11-26-16;/h7,11,14H,4-6,8-10,12H2,1-3H3,(H,20,25)(H2,19,21,22);1H. The van der Waals surface area contributed by atoms with Crippen LogP contribution in [0.3, 0.4) is 0 Å². The molecular formula is C18H30IN5O3. The third kappa shape index (κ3) is 7.04. The molecular weight excluding hydrogens is 461 g/mol. The molecule has 0 aromatic carbocycles. The highest BCUT2D eigenvalue weighted by atomic mass is 127. The van der Waals surface area contributed by atoms with E-state index >= 15 is 0 Å². The molecule has 0 saturated carbocycles. The minimum absolute atomic E-state index is 0. The van der Waals surface area contributed by atoms with Crippen molar-refractivity contribution in [3.8, 4) is 0 Å². The molecule has 0 aliphatic carbocycles. The van der Waals surface area contributed by atoms with Crippen LogP contribution in [0.1, 0.15) is 42.3 Å². The van der Waals surface area contributed by atoms with Gasteiger partial charge in [-0.1, -0.05) is 6.92 Å². The Bertz CT molecular complexity index is 647. The van der Waals surface area contributed by atoms with Crippen molar-refractivity contribution in [1.82, 2.24) is 20.9 Å². The summed E-state index contributed by atoms with van der Waals surface area (Å²) in [7, 11) is 1.72. The van der Waals surface area contributed by atoms with E-state index in [9.17, 15) is 9.59 Å². The van der Waals surface area contributed by atoms with Gasteiger partial charge in [0.2, 0.25) is 5.91 Å². The Morgan fingerprint density at radius 2 is 2.07 bits per heavy atom. The summed E-state index contributed by atoms with van der Waals surface area (Å²) >= 11 is 0. The van der Waals surface area contributed by atoms with E-state index in [1.165, 1.54) is 6.26 Å². The van der Waals surface area contributed by atoms with Crippen molar-refractivity contribution in [2.75, 3.05) is 33.2 Å². The quantitative estimate of drug-likeness (QED) is 0.233. The first-order valence-electron chi connectivity index (χ1n) is 9.12. The first-order valence-corrected chi connectivity index (χ1v) is 9.12. The maximum absolute atomic E-state index is 11.9. The van der Waals surface area contributed by atoms with Gasteiger partial charge in [0.05, 0.1) is 6.26 Å². The van der Waals surface area contributed by atoms with Gasteiger partial charge in [0, 0.05) is 51.3 Å². The molecule has 1 saturated heterocycles. The van der Waals surface area contributed by atoms with Gasteiger partial charge in [0.15, 0.2) is 11.7 Å². The molecule has 27 heavy (non-hydrogen) atoms. The van der Waals surface area contributed by atoms with E-state index in [4.69, 9.17) is 4.42 Å². The highest BCUT2D eigenvalue weighted by molar-refractivity contribution is 14.0. The maximum atomic E-state index is 11.9. The Kier molecular flexibility index (Phi) is 10.2. The Balaban J connectivity index is 0.00000364.